The number of fused-ring (bicyclic) bond motifs is 1. The van der Waals surface area contributed by atoms with E-state index in [4.69, 9.17) is 5.73 Å². The zero-order valence-electron chi connectivity index (χ0n) is 17.2. The Morgan fingerprint density at radius 3 is 2.55 bits per heavy atom. The molecule has 0 spiro atoms. The Morgan fingerprint density at radius 1 is 1.29 bits per heavy atom. The highest BCUT2D eigenvalue weighted by atomic mass is 32.2. The van der Waals surface area contributed by atoms with Gasteiger partial charge in [-0.3, -0.25) is 9.59 Å². The van der Waals surface area contributed by atoms with Crippen molar-refractivity contribution < 1.29 is 19.5 Å². The van der Waals surface area contributed by atoms with Crippen molar-refractivity contribution in [3.05, 3.63) is 45.5 Å². The number of hydrogen-bond donors (Lipinski definition) is 3. The number of carboxylic acids is 1. The number of carbonyl (C=O) groups excluding carboxylic acids is 2. The van der Waals surface area contributed by atoms with E-state index in [2.05, 4.69) is 10.3 Å². The van der Waals surface area contributed by atoms with E-state index >= 15 is 0 Å². The average Bonchev–Trinajstić information content (AvgIpc) is 3.29. The molecule has 0 saturated carbocycles. The van der Waals surface area contributed by atoms with Crippen LogP contribution in [0, 0.1) is 20.8 Å². The molecule has 3 unspecified atom stereocenters. The largest absolute Gasteiger partial charge is 0.480 e. The van der Waals surface area contributed by atoms with Gasteiger partial charge in [0.25, 0.3) is 5.91 Å². The van der Waals surface area contributed by atoms with Crippen LogP contribution < -0.4 is 11.1 Å². The first kappa shape index (κ1) is 21.4. The maximum absolute atomic E-state index is 13.2. The summed E-state index contributed by atoms with van der Waals surface area (Å²) >= 11 is 2.59. The van der Waals surface area contributed by atoms with E-state index < -0.39 is 24.0 Å². The first-order valence-corrected chi connectivity index (χ1v) is 11.6. The number of nitrogens with zero attached hydrogens (tertiary/aromatic N) is 2. The number of aliphatic carboxylic acids is 1. The van der Waals surface area contributed by atoms with Crippen LogP contribution in [-0.2, 0) is 14.4 Å². The second-order valence-electron chi connectivity index (χ2n) is 7.72. The summed E-state index contributed by atoms with van der Waals surface area (Å²) in [7, 11) is 0. The number of nitrogens with one attached hydrogen (secondary N) is 1. The fourth-order valence-corrected chi connectivity index (χ4v) is 6.07. The third-order valence-corrected chi connectivity index (χ3v) is 7.50. The number of nitrogen functional groups attached to an aromatic ring is 1. The number of nitrogens with two attached hydrogens (primary N) is 1. The summed E-state index contributed by atoms with van der Waals surface area (Å²) in [6, 6.07) is 2.47. The highest BCUT2D eigenvalue weighted by molar-refractivity contribution is 8.00. The molecule has 31 heavy (non-hydrogen) atoms. The minimum Gasteiger partial charge on any atom is -0.480 e. The molecular weight excluding hydrogens is 436 g/mol. The molecule has 2 aliphatic rings. The predicted octanol–water partition coefficient (Wildman–Crippen LogP) is 2.04. The smallest absolute Gasteiger partial charge is 0.327 e. The monoisotopic (exact) mass is 458 g/mol. The van der Waals surface area contributed by atoms with E-state index in [1.54, 1.807) is 11.5 Å². The molecule has 2 saturated heterocycles. The van der Waals surface area contributed by atoms with Crippen molar-refractivity contribution in [2.24, 2.45) is 0 Å². The van der Waals surface area contributed by atoms with Gasteiger partial charge in [0.05, 0.1) is 11.3 Å². The van der Waals surface area contributed by atoms with Crippen molar-refractivity contribution in [3.8, 4) is 0 Å². The Balaban J connectivity index is 1.64. The first-order valence-electron chi connectivity index (χ1n) is 9.65. The van der Waals surface area contributed by atoms with Gasteiger partial charge in [-0.2, -0.15) is 0 Å². The molecule has 2 aliphatic heterocycles. The quantitative estimate of drug-likeness (QED) is 0.462. The van der Waals surface area contributed by atoms with Crippen molar-refractivity contribution in [2.75, 3.05) is 11.5 Å². The summed E-state index contributed by atoms with van der Waals surface area (Å²) in [4.78, 5) is 42.7. The van der Waals surface area contributed by atoms with Crippen LogP contribution in [0.5, 0.6) is 0 Å². The van der Waals surface area contributed by atoms with Gasteiger partial charge in [-0.25, -0.2) is 9.78 Å². The molecule has 2 fully saturated rings. The van der Waals surface area contributed by atoms with Gasteiger partial charge in [0.2, 0.25) is 5.91 Å². The minimum absolute atomic E-state index is 0.311. The summed E-state index contributed by atoms with van der Waals surface area (Å²) in [5.74, 6) is -1.54. The van der Waals surface area contributed by atoms with Crippen LogP contribution in [0.1, 0.15) is 27.9 Å². The molecule has 10 heteroatoms. The third kappa shape index (κ3) is 3.81. The second-order valence-corrected chi connectivity index (χ2v) is 9.76. The molecule has 4 N–H and O–H groups in total. The van der Waals surface area contributed by atoms with Crippen LogP contribution in [0.2, 0.25) is 0 Å². The van der Waals surface area contributed by atoms with Crippen LogP contribution in [-0.4, -0.2) is 56.0 Å². The van der Waals surface area contributed by atoms with E-state index in [0.29, 0.717) is 22.2 Å². The minimum atomic E-state index is -1.03. The lowest BCUT2D eigenvalue weighted by Crippen LogP contribution is -2.70. The average molecular weight is 459 g/mol. The summed E-state index contributed by atoms with van der Waals surface area (Å²) in [5, 5.41) is 13.7. The first-order chi connectivity index (χ1) is 14.7. The number of thioether (sulfide) groups is 1. The number of aromatic nitrogens is 1. The van der Waals surface area contributed by atoms with Gasteiger partial charge in [-0.1, -0.05) is 17.7 Å². The second kappa shape index (κ2) is 8.01. The Kier molecular flexibility index (Phi) is 5.52. The molecule has 0 aliphatic carbocycles. The summed E-state index contributed by atoms with van der Waals surface area (Å²) in [5.41, 5.74) is 10.6. The van der Waals surface area contributed by atoms with Crippen LogP contribution in [0.4, 0.5) is 5.13 Å². The van der Waals surface area contributed by atoms with Crippen molar-refractivity contribution in [1.82, 2.24) is 15.2 Å². The molecule has 1 aromatic carbocycles. The molecule has 162 valence electrons. The molecule has 2 amide bonds. The molecular formula is C21H22N4O4S2. The van der Waals surface area contributed by atoms with Gasteiger partial charge in [0.15, 0.2) is 5.13 Å². The number of carbonyl (C=O) groups is 3. The molecule has 2 aromatic rings. The Bertz CT molecular complexity index is 1100. The fourth-order valence-electron chi connectivity index (χ4n) is 4.04. The van der Waals surface area contributed by atoms with Gasteiger partial charge >= 0.3 is 5.97 Å². The number of β-lactam (4-membered cyclic amide) rings is 1. The van der Waals surface area contributed by atoms with Crippen LogP contribution in [0.15, 0.2) is 17.5 Å². The number of amides is 2. The van der Waals surface area contributed by atoms with E-state index in [1.165, 1.54) is 28.0 Å². The molecule has 0 radical (unpaired) electrons. The van der Waals surface area contributed by atoms with Gasteiger partial charge in [-0.05, 0) is 43.5 Å². The maximum Gasteiger partial charge on any atom is 0.327 e. The van der Waals surface area contributed by atoms with Crippen molar-refractivity contribution >= 4 is 57.7 Å². The van der Waals surface area contributed by atoms with Crippen LogP contribution >= 0.6 is 23.1 Å². The fraction of sp³-hybridized carbons (Fsp3) is 0.333. The number of rotatable bonds is 5. The number of carboxylic acid groups (broad SMARTS) is 1. The highest BCUT2D eigenvalue weighted by Crippen LogP contribution is 2.40. The van der Waals surface area contributed by atoms with E-state index in [0.717, 1.165) is 22.3 Å². The zero-order valence-corrected chi connectivity index (χ0v) is 18.8. The standard InChI is InChI=1S/C21H22N4O4S2/c1-9-4-10(2)12(11(3)5-9)6-13(14-7-31-21(22)23-14)17(26)24-16-18(27)25-15(20(28)29)8-30-19(16)25/h4-7,15-16,19H,8H2,1-3H3,(H2,22,23)(H,24,26)(H,28,29)/b13-6-. The summed E-state index contributed by atoms with van der Waals surface area (Å²) in [6.45, 7) is 5.97. The highest BCUT2D eigenvalue weighted by Gasteiger charge is 2.57. The van der Waals surface area contributed by atoms with Gasteiger partial charge in [-0.15, -0.1) is 23.1 Å². The Morgan fingerprint density at radius 2 is 1.97 bits per heavy atom. The van der Waals surface area contributed by atoms with E-state index in [1.807, 2.05) is 32.9 Å². The van der Waals surface area contributed by atoms with E-state index in [9.17, 15) is 19.5 Å². The zero-order chi connectivity index (χ0) is 22.4. The number of aryl methyl sites for hydroxylation is 3. The Labute approximate surface area is 187 Å². The number of anilines is 1. The molecule has 3 heterocycles. The lowest BCUT2D eigenvalue weighted by Gasteiger charge is -2.43. The lowest BCUT2D eigenvalue weighted by atomic mass is 9.96. The normalized spacial score (nSPS) is 22.8. The van der Waals surface area contributed by atoms with Crippen molar-refractivity contribution in [1.29, 1.82) is 0 Å². The molecule has 1 aromatic heterocycles. The summed E-state index contributed by atoms with van der Waals surface area (Å²) in [6.07, 6.45) is 1.77. The lowest BCUT2D eigenvalue weighted by molar-refractivity contribution is -0.158. The molecule has 8 nitrogen and oxygen atoms in total. The summed E-state index contributed by atoms with van der Waals surface area (Å²) < 4.78 is 0. The molecule has 3 atom stereocenters. The topological polar surface area (TPSA) is 126 Å². The SMILES string of the molecule is Cc1cc(C)c(/C=C(\C(=O)NC2C(=O)N3C(C(=O)O)CSC23)c2csc(N)n2)c(C)c1. The van der Waals surface area contributed by atoms with Crippen molar-refractivity contribution in [3.63, 3.8) is 0 Å². The molecule has 0 bridgehead atoms. The maximum atomic E-state index is 13.2. The molecule has 4 rings (SSSR count). The number of benzene rings is 1. The van der Waals surface area contributed by atoms with Gasteiger partial charge in [0, 0.05) is 11.1 Å². The van der Waals surface area contributed by atoms with Crippen LogP contribution in [0.25, 0.3) is 11.6 Å². The van der Waals surface area contributed by atoms with E-state index in [-0.39, 0.29) is 11.3 Å². The van der Waals surface area contributed by atoms with Crippen molar-refractivity contribution in [2.45, 2.75) is 38.2 Å². The third-order valence-electron chi connectivity index (χ3n) is 5.48. The Hall–Kier alpha value is -2.85. The number of thiazole rings is 1. The number of hydrogen-bond acceptors (Lipinski definition) is 7. The van der Waals surface area contributed by atoms with Crippen LogP contribution in [0.3, 0.4) is 0 Å². The van der Waals surface area contributed by atoms with Gasteiger partial charge < -0.3 is 21.1 Å². The van der Waals surface area contributed by atoms with Gasteiger partial charge in [0.1, 0.15) is 17.5 Å². The predicted molar refractivity (Wildman–Crippen MR) is 121 cm³/mol.